The summed E-state index contributed by atoms with van der Waals surface area (Å²) in [5.41, 5.74) is 6.07. The molecule has 2 fully saturated rings. The maximum absolute atomic E-state index is 6.07. The molecule has 2 N–H and O–H groups in total. The molecule has 0 unspecified atom stereocenters. The van der Waals surface area contributed by atoms with E-state index in [1.807, 2.05) is 11.8 Å². The van der Waals surface area contributed by atoms with E-state index in [1.54, 1.807) is 0 Å². The van der Waals surface area contributed by atoms with Gasteiger partial charge in [-0.3, -0.25) is 4.99 Å². The van der Waals surface area contributed by atoms with Gasteiger partial charge >= 0.3 is 0 Å². The monoisotopic (exact) mass is 299 g/mol. The molecule has 2 saturated heterocycles. The van der Waals surface area contributed by atoms with E-state index >= 15 is 0 Å². The second-order valence-electron chi connectivity index (χ2n) is 5.88. The van der Waals surface area contributed by atoms with Crippen LogP contribution in [0.15, 0.2) is 4.99 Å². The standard InChI is InChI=1S/C14H29N5S/c1-17(2)13-3-6-18(7-4-13)8-5-16-14(15)19-9-11-20-12-10-19/h13H,3-12H2,1-2H3,(H2,15,16). The summed E-state index contributed by atoms with van der Waals surface area (Å²) in [6.07, 6.45) is 2.55. The lowest BCUT2D eigenvalue weighted by Gasteiger charge is -2.35. The number of hydrogen-bond donors (Lipinski definition) is 1. The van der Waals surface area contributed by atoms with Gasteiger partial charge in [0.05, 0.1) is 6.54 Å². The highest BCUT2D eigenvalue weighted by Crippen LogP contribution is 2.13. The van der Waals surface area contributed by atoms with E-state index in [9.17, 15) is 0 Å². The van der Waals surface area contributed by atoms with E-state index < -0.39 is 0 Å². The minimum absolute atomic E-state index is 0.744. The van der Waals surface area contributed by atoms with Crippen molar-refractivity contribution in [1.82, 2.24) is 14.7 Å². The number of nitrogens with zero attached hydrogens (tertiary/aromatic N) is 4. The Kier molecular flexibility index (Phi) is 6.45. The third-order valence-electron chi connectivity index (χ3n) is 4.31. The molecule has 0 aromatic rings. The lowest BCUT2D eigenvalue weighted by molar-refractivity contribution is 0.148. The molecule has 0 aromatic carbocycles. The summed E-state index contributed by atoms with van der Waals surface area (Å²) in [6, 6.07) is 0.755. The molecule has 2 aliphatic heterocycles. The smallest absolute Gasteiger partial charge is 0.191 e. The lowest BCUT2D eigenvalue weighted by Crippen LogP contribution is -2.44. The third kappa shape index (κ3) is 4.82. The van der Waals surface area contributed by atoms with E-state index in [-0.39, 0.29) is 0 Å². The fourth-order valence-electron chi connectivity index (χ4n) is 2.86. The molecule has 0 bridgehead atoms. The molecule has 5 nitrogen and oxygen atoms in total. The maximum atomic E-state index is 6.07. The van der Waals surface area contributed by atoms with E-state index in [1.165, 1.54) is 37.4 Å². The number of piperidine rings is 1. The number of hydrogen-bond acceptors (Lipinski definition) is 4. The highest BCUT2D eigenvalue weighted by atomic mass is 32.2. The van der Waals surface area contributed by atoms with Crippen molar-refractivity contribution in [2.75, 3.05) is 64.9 Å². The van der Waals surface area contributed by atoms with E-state index in [0.29, 0.717) is 0 Å². The van der Waals surface area contributed by atoms with Crippen LogP contribution >= 0.6 is 11.8 Å². The number of nitrogens with two attached hydrogens (primary N) is 1. The maximum Gasteiger partial charge on any atom is 0.191 e. The largest absolute Gasteiger partial charge is 0.370 e. The fraction of sp³-hybridized carbons (Fsp3) is 0.929. The molecular weight excluding hydrogens is 270 g/mol. The molecule has 0 atom stereocenters. The lowest BCUT2D eigenvalue weighted by atomic mass is 10.0. The van der Waals surface area contributed by atoms with Gasteiger partial charge in [-0.2, -0.15) is 11.8 Å². The highest BCUT2D eigenvalue weighted by molar-refractivity contribution is 7.99. The van der Waals surface area contributed by atoms with Crippen LogP contribution in [-0.2, 0) is 0 Å². The Morgan fingerprint density at radius 3 is 2.45 bits per heavy atom. The summed E-state index contributed by atoms with van der Waals surface area (Å²) >= 11 is 2.00. The van der Waals surface area contributed by atoms with Gasteiger partial charge in [0, 0.05) is 37.2 Å². The second-order valence-corrected chi connectivity index (χ2v) is 7.10. The van der Waals surface area contributed by atoms with Crippen LogP contribution in [0.2, 0.25) is 0 Å². The molecule has 20 heavy (non-hydrogen) atoms. The first-order chi connectivity index (χ1) is 9.66. The first-order valence-corrected chi connectivity index (χ1v) is 8.83. The van der Waals surface area contributed by atoms with Crippen molar-refractivity contribution in [2.45, 2.75) is 18.9 Å². The van der Waals surface area contributed by atoms with E-state index in [2.05, 4.69) is 33.8 Å². The highest BCUT2D eigenvalue weighted by Gasteiger charge is 2.20. The summed E-state index contributed by atoms with van der Waals surface area (Å²) in [6.45, 7) is 6.37. The van der Waals surface area contributed by atoms with Gasteiger partial charge in [-0.15, -0.1) is 0 Å². The van der Waals surface area contributed by atoms with Crippen LogP contribution < -0.4 is 5.73 Å². The molecule has 2 aliphatic rings. The molecule has 0 aromatic heterocycles. The zero-order chi connectivity index (χ0) is 14.4. The molecular formula is C14H29N5S. The van der Waals surface area contributed by atoms with Crippen LogP contribution in [0.25, 0.3) is 0 Å². The van der Waals surface area contributed by atoms with Crippen molar-refractivity contribution in [3.05, 3.63) is 0 Å². The van der Waals surface area contributed by atoms with Crippen molar-refractivity contribution < 1.29 is 0 Å². The van der Waals surface area contributed by atoms with Crippen molar-refractivity contribution >= 4 is 17.7 Å². The molecule has 0 spiro atoms. The Morgan fingerprint density at radius 1 is 1.20 bits per heavy atom. The summed E-state index contributed by atoms with van der Waals surface area (Å²) in [5.74, 6) is 3.09. The van der Waals surface area contributed by atoms with Crippen LogP contribution in [-0.4, -0.2) is 91.6 Å². The zero-order valence-electron chi connectivity index (χ0n) is 12.9. The average Bonchev–Trinajstić information content (AvgIpc) is 2.48. The van der Waals surface area contributed by atoms with Crippen molar-refractivity contribution in [2.24, 2.45) is 10.7 Å². The molecule has 0 amide bonds. The number of aliphatic imine (C=N–C) groups is 1. The van der Waals surface area contributed by atoms with Crippen LogP contribution in [0.1, 0.15) is 12.8 Å². The van der Waals surface area contributed by atoms with Gasteiger partial charge in [0.15, 0.2) is 5.96 Å². The second kappa shape index (κ2) is 8.10. The summed E-state index contributed by atoms with van der Waals surface area (Å²) < 4.78 is 0. The first kappa shape index (κ1) is 15.9. The van der Waals surface area contributed by atoms with E-state index in [4.69, 9.17) is 5.73 Å². The fourth-order valence-corrected chi connectivity index (χ4v) is 3.76. The molecule has 2 rings (SSSR count). The quantitative estimate of drug-likeness (QED) is 0.601. The molecule has 0 saturated carbocycles. The summed E-state index contributed by atoms with van der Waals surface area (Å²) in [7, 11) is 4.37. The van der Waals surface area contributed by atoms with Gasteiger partial charge in [0.2, 0.25) is 0 Å². The van der Waals surface area contributed by atoms with E-state index in [0.717, 1.165) is 38.2 Å². The average molecular weight is 299 g/mol. The molecule has 0 radical (unpaired) electrons. The Bertz CT molecular complexity index is 307. The van der Waals surface area contributed by atoms with Gasteiger partial charge in [-0.1, -0.05) is 0 Å². The topological polar surface area (TPSA) is 48.1 Å². The molecule has 116 valence electrons. The van der Waals surface area contributed by atoms with Gasteiger partial charge in [0.1, 0.15) is 0 Å². The van der Waals surface area contributed by atoms with Crippen LogP contribution in [0.5, 0.6) is 0 Å². The van der Waals surface area contributed by atoms with Crippen molar-refractivity contribution in [1.29, 1.82) is 0 Å². The Hall–Kier alpha value is -0.460. The minimum Gasteiger partial charge on any atom is -0.370 e. The normalized spacial score (nSPS) is 23.6. The number of rotatable bonds is 4. The molecule has 6 heteroatoms. The van der Waals surface area contributed by atoms with Gasteiger partial charge in [-0.25, -0.2) is 0 Å². The van der Waals surface area contributed by atoms with Crippen molar-refractivity contribution in [3.63, 3.8) is 0 Å². The zero-order valence-corrected chi connectivity index (χ0v) is 13.7. The Morgan fingerprint density at radius 2 is 1.85 bits per heavy atom. The predicted octanol–water partition coefficient (Wildman–Crippen LogP) is 0.376. The first-order valence-electron chi connectivity index (χ1n) is 7.68. The minimum atomic E-state index is 0.744. The molecule has 2 heterocycles. The van der Waals surface area contributed by atoms with Gasteiger partial charge in [-0.05, 0) is 40.0 Å². The SMILES string of the molecule is CN(C)C1CCN(CCN=C(N)N2CCSCC2)CC1. The van der Waals surface area contributed by atoms with Crippen molar-refractivity contribution in [3.8, 4) is 0 Å². The number of likely N-dealkylation sites (tertiary alicyclic amines) is 1. The van der Waals surface area contributed by atoms with Gasteiger partial charge in [0.25, 0.3) is 0 Å². The Labute approximate surface area is 127 Å². The predicted molar refractivity (Wildman–Crippen MR) is 88.5 cm³/mol. The number of guanidine groups is 1. The summed E-state index contributed by atoms with van der Waals surface area (Å²) in [4.78, 5) is 11.6. The van der Waals surface area contributed by atoms with Crippen LogP contribution in [0, 0.1) is 0 Å². The van der Waals surface area contributed by atoms with Gasteiger partial charge < -0.3 is 20.4 Å². The third-order valence-corrected chi connectivity index (χ3v) is 5.26. The van der Waals surface area contributed by atoms with Crippen LogP contribution in [0.3, 0.4) is 0 Å². The molecule has 0 aliphatic carbocycles. The number of thioether (sulfide) groups is 1. The summed E-state index contributed by atoms with van der Waals surface area (Å²) in [5, 5.41) is 0. The van der Waals surface area contributed by atoms with Crippen LogP contribution in [0.4, 0.5) is 0 Å². The Balaban J connectivity index is 1.65.